The van der Waals surface area contributed by atoms with Crippen molar-refractivity contribution in [2.45, 2.75) is 0 Å². The number of rotatable bonds is 1. The van der Waals surface area contributed by atoms with Crippen molar-refractivity contribution in [1.82, 2.24) is 0 Å². The third kappa shape index (κ3) is 32.5. The van der Waals surface area contributed by atoms with Crippen LogP contribution in [0.3, 0.4) is 0 Å². The molecule has 0 unspecified atom stereocenters. The predicted molar refractivity (Wildman–Crippen MR) is 25.5 cm³/mol. The van der Waals surface area contributed by atoms with Gasteiger partial charge in [0, 0.05) is 0 Å². The molecule has 6 heavy (non-hydrogen) atoms. The van der Waals surface area contributed by atoms with Crippen molar-refractivity contribution < 1.29 is 19.5 Å². The van der Waals surface area contributed by atoms with Gasteiger partial charge in [-0.05, 0) is 0 Å². The molecule has 0 spiro atoms. The second-order valence-electron chi connectivity index (χ2n) is 0.428. The van der Waals surface area contributed by atoms with Gasteiger partial charge in [0.2, 0.25) is 0 Å². The first-order chi connectivity index (χ1) is 1.91. The zero-order valence-corrected chi connectivity index (χ0v) is 7.11. The van der Waals surface area contributed by atoms with Crippen LogP contribution in [0.2, 0.25) is 0 Å². The van der Waals surface area contributed by atoms with Gasteiger partial charge in [-0.15, -0.1) is 0 Å². The van der Waals surface area contributed by atoms with Gasteiger partial charge in [0.1, 0.15) is 0 Å². The number of allylic oxidation sites excluding steroid dienone is 2. The molecule has 0 N–H and O–H groups in total. The Hall–Kier alpha value is 0.103. The van der Waals surface area contributed by atoms with Crippen LogP contribution in [0.25, 0.3) is 0 Å². The summed E-state index contributed by atoms with van der Waals surface area (Å²) in [5.41, 5.74) is 0. The molecular formula is C5H8Zn. The van der Waals surface area contributed by atoms with E-state index >= 15 is 0 Å². The largest absolute Gasteiger partial charge is 2.00 e. The third-order valence-electron chi connectivity index (χ3n) is 0.136. The Morgan fingerprint density at radius 2 is 1.67 bits per heavy atom. The molecule has 0 nitrogen and oxygen atoms in total. The molecule has 0 amide bonds. The van der Waals surface area contributed by atoms with Crippen LogP contribution in [0.5, 0.6) is 0 Å². The fourth-order valence-electron chi connectivity index (χ4n) is 0. The molecule has 0 aromatic rings. The fraction of sp³-hybridized carbons (Fsp3) is 0. The summed E-state index contributed by atoms with van der Waals surface area (Å²) >= 11 is 0. The van der Waals surface area contributed by atoms with E-state index in [0.29, 0.717) is 0 Å². The maximum absolute atomic E-state index is 4.78. The molecule has 0 aromatic carbocycles. The van der Waals surface area contributed by atoms with Gasteiger partial charge in [-0.2, -0.15) is 6.58 Å². The van der Waals surface area contributed by atoms with Gasteiger partial charge in [0.05, 0.1) is 0 Å². The van der Waals surface area contributed by atoms with Crippen LogP contribution in [0.1, 0.15) is 0 Å². The first-order valence-electron chi connectivity index (χ1n) is 1.07. The van der Waals surface area contributed by atoms with Crippen molar-refractivity contribution in [1.29, 1.82) is 0 Å². The van der Waals surface area contributed by atoms with E-state index in [1.165, 1.54) is 12.2 Å². The molecule has 0 atom stereocenters. The first kappa shape index (κ1) is 16.5. The van der Waals surface area contributed by atoms with E-state index in [1.54, 1.807) is 0 Å². The Morgan fingerprint density at radius 1 is 1.50 bits per heavy atom. The Kier molecular flexibility index (Phi) is 53.4. The molecule has 0 saturated carbocycles. The van der Waals surface area contributed by atoms with Gasteiger partial charge < -0.3 is 7.43 Å². The standard InChI is InChI=1S/C4H5.CH3.Zn/c1-3-4-2;;/h1,3-4H,2H2;1H3;/q2*-1;+2. The molecule has 0 aliphatic carbocycles. The predicted octanol–water partition coefficient (Wildman–Crippen LogP) is 1.61. The molecule has 1 heteroatoms. The molecular weight excluding hydrogens is 125 g/mol. The summed E-state index contributed by atoms with van der Waals surface area (Å²) in [4.78, 5) is 0. The molecule has 0 radical (unpaired) electrons. The first-order valence-corrected chi connectivity index (χ1v) is 1.07. The van der Waals surface area contributed by atoms with E-state index in [4.69, 9.17) is 6.58 Å². The topological polar surface area (TPSA) is 0 Å². The summed E-state index contributed by atoms with van der Waals surface area (Å²) in [5.74, 6) is 0. The monoisotopic (exact) mass is 132 g/mol. The van der Waals surface area contributed by atoms with Crippen LogP contribution < -0.4 is 0 Å². The van der Waals surface area contributed by atoms with Crippen molar-refractivity contribution in [2.75, 3.05) is 0 Å². The molecule has 0 rings (SSSR count). The quantitative estimate of drug-likeness (QED) is 0.290. The SMILES string of the molecule is [CH-]=CC=C.[CH3-].[Zn+2]. The molecule has 0 aliphatic heterocycles. The van der Waals surface area contributed by atoms with Gasteiger partial charge in [0.15, 0.2) is 0 Å². The minimum Gasteiger partial charge on any atom is -0.358 e. The Morgan fingerprint density at radius 3 is 1.67 bits per heavy atom. The molecule has 0 aromatic heterocycles. The Labute approximate surface area is 52.7 Å². The summed E-state index contributed by atoms with van der Waals surface area (Å²) < 4.78 is 0. The normalized spacial score (nSPS) is 3.33. The average molecular weight is 134 g/mol. The van der Waals surface area contributed by atoms with Crippen LogP contribution in [-0.4, -0.2) is 0 Å². The molecule has 30 valence electrons. The van der Waals surface area contributed by atoms with E-state index in [9.17, 15) is 0 Å². The van der Waals surface area contributed by atoms with E-state index in [1.807, 2.05) is 0 Å². The fourth-order valence-corrected chi connectivity index (χ4v) is 0. The number of hydrogen-bond donors (Lipinski definition) is 0. The summed E-state index contributed by atoms with van der Waals surface area (Å²) in [7, 11) is 0. The van der Waals surface area contributed by atoms with E-state index in [0.717, 1.165) is 0 Å². The zero-order chi connectivity index (χ0) is 3.41. The van der Waals surface area contributed by atoms with Crippen molar-refractivity contribution in [2.24, 2.45) is 0 Å². The maximum Gasteiger partial charge on any atom is 2.00 e. The summed E-state index contributed by atoms with van der Waals surface area (Å²) in [6.07, 6.45) is 2.92. The smallest absolute Gasteiger partial charge is 0.358 e. The van der Waals surface area contributed by atoms with Crippen molar-refractivity contribution in [3.8, 4) is 0 Å². The van der Waals surface area contributed by atoms with E-state index in [-0.39, 0.29) is 26.9 Å². The van der Waals surface area contributed by atoms with Gasteiger partial charge in [-0.1, -0.05) is 0 Å². The molecule has 0 saturated heterocycles. The van der Waals surface area contributed by atoms with Crippen molar-refractivity contribution >= 4 is 0 Å². The average Bonchev–Trinajstić information content (AvgIpc) is 1.37. The second-order valence-corrected chi connectivity index (χ2v) is 0.428. The van der Waals surface area contributed by atoms with Crippen molar-refractivity contribution in [3.05, 3.63) is 32.7 Å². The van der Waals surface area contributed by atoms with Gasteiger partial charge >= 0.3 is 19.5 Å². The molecule has 0 fully saturated rings. The van der Waals surface area contributed by atoms with Gasteiger partial charge in [-0.3, -0.25) is 6.58 Å². The third-order valence-corrected chi connectivity index (χ3v) is 0.136. The number of hydrogen-bond acceptors (Lipinski definition) is 0. The maximum atomic E-state index is 4.78. The van der Waals surface area contributed by atoms with E-state index < -0.39 is 0 Å². The minimum absolute atomic E-state index is 0. The van der Waals surface area contributed by atoms with Crippen molar-refractivity contribution in [3.63, 3.8) is 0 Å². The van der Waals surface area contributed by atoms with Crippen LogP contribution in [-0.2, 0) is 19.5 Å². The zero-order valence-electron chi connectivity index (χ0n) is 4.15. The van der Waals surface area contributed by atoms with Crippen LogP contribution in [0, 0.1) is 14.0 Å². The summed E-state index contributed by atoms with van der Waals surface area (Å²) in [6.45, 7) is 8.08. The Balaban J connectivity index is -0.0000000450. The van der Waals surface area contributed by atoms with E-state index in [2.05, 4.69) is 6.58 Å². The molecule has 0 bridgehead atoms. The Bertz CT molecular complexity index is 24.9. The van der Waals surface area contributed by atoms with Crippen LogP contribution >= 0.6 is 0 Å². The molecule has 0 heterocycles. The van der Waals surface area contributed by atoms with Gasteiger partial charge in [-0.25, -0.2) is 12.2 Å². The summed E-state index contributed by atoms with van der Waals surface area (Å²) in [5, 5.41) is 0. The minimum atomic E-state index is 0. The summed E-state index contributed by atoms with van der Waals surface area (Å²) in [6, 6.07) is 0. The van der Waals surface area contributed by atoms with Gasteiger partial charge in [0.25, 0.3) is 0 Å². The second kappa shape index (κ2) is 19.4. The molecule has 0 aliphatic rings. The van der Waals surface area contributed by atoms with Crippen LogP contribution in [0.15, 0.2) is 18.7 Å². The van der Waals surface area contributed by atoms with Crippen LogP contribution in [0.4, 0.5) is 0 Å².